The molecule has 1 atom stereocenters. The molecule has 5 heteroatoms. The molecule has 1 fully saturated rings. The van der Waals surface area contributed by atoms with Gasteiger partial charge in [-0.2, -0.15) is 11.8 Å². The van der Waals surface area contributed by atoms with E-state index in [1.165, 1.54) is 5.56 Å². The van der Waals surface area contributed by atoms with E-state index < -0.39 is 0 Å². The van der Waals surface area contributed by atoms with Crippen LogP contribution in [-0.2, 0) is 17.0 Å². The van der Waals surface area contributed by atoms with Crippen LogP contribution in [0.1, 0.15) is 34.3 Å². The number of nitrogens with zero attached hydrogens (tertiary/aromatic N) is 2. The minimum Gasteiger partial charge on any atom is -0.376 e. The van der Waals surface area contributed by atoms with Crippen molar-refractivity contribution in [2.24, 2.45) is 0 Å². The standard InChI is InChI=1S/C20H24N2O2S/c1-25-15-16-6-8-18(9-7-16)20(23)22(14-19-5-3-11-24-19)13-17-4-2-10-21-12-17/h2,4,6-10,12,19H,3,5,11,13-15H2,1H3. The van der Waals surface area contributed by atoms with Crippen LogP contribution in [0.2, 0.25) is 0 Å². The predicted octanol–water partition coefficient (Wildman–Crippen LogP) is 3.77. The largest absolute Gasteiger partial charge is 0.376 e. The fourth-order valence-corrected chi connectivity index (χ4v) is 3.58. The Morgan fingerprint density at radius 1 is 1.28 bits per heavy atom. The molecule has 1 amide bonds. The molecule has 1 aliphatic rings. The number of aromatic nitrogens is 1. The highest BCUT2D eigenvalue weighted by molar-refractivity contribution is 7.97. The smallest absolute Gasteiger partial charge is 0.254 e. The fourth-order valence-electron chi connectivity index (χ4n) is 3.06. The van der Waals surface area contributed by atoms with Gasteiger partial charge in [-0.25, -0.2) is 0 Å². The lowest BCUT2D eigenvalue weighted by molar-refractivity contribution is 0.0507. The first-order valence-electron chi connectivity index (χ1n) is 8.64. The number of rotatable bonds is 7. The van der Waals surface area contributed by atoms with Crippen molar-refractivity contribution in [1.82, 2.24) is 9.88 Å². The third-order valence-electron chi connectivity index (χ3n) is 4.34. The van der Waals surface area contributed by atoms with Gasteiger partial charge in [0, 0.05) is 43.4 Å². The summed E-state index contributed by atoms with van der Waals surface area (Å²) in [6.45, 7) is 1.97. The Morgan fingerprint density at radius 3 is 2.76 bits per heavy atom. The third kappa shape index (κ3) is 5.06. The molecule has 132 valence electrons. The Balaban J connectivity index is 1.75. The summed E-state index contributed by atoms with van der Waals surface area (Å²) >= 11 is 1.78. The Morgan fingerprint density at radius 2 is 2.12 bits per heavy atom. The van der Waals surface area contributed by atoms with Gasteiger partial charge in [-0.1, -0.05) is 18.2 Å². The molecule has 3 rings (SSSR count). The van der Waals surface area contributed by atoms with Crippen molar-refractivity contribution in [2.45, 2.75) is 31.2 Å². The molecule has 0 bridgehead atoms. The van der Waals surface area contributed by atoms with Gasteiger partial charge in [-0.05, 0) is 48.4 Å². The van der Waals surface area contributed by atoms with Crippen LogP contribution < -0.4 is 0 Å². The van der Waals surface area contributed by atoms with E-state index in [1.807, 2.05) is 47.5 Å². The number of hydrogen-bond donors (Lipinski definition) is 0. The van der Waals surface area contributed by atoms with Crippen LogP contribution in [-0.4, -0.2) is 41.3 Å². The number of benzene rings is 1. The highest BCUT2D eigenvalue weighted by atomic mass is 32.2. The van der Waals surface area contributed by atoms with Gasteiger partial charge in [-0.3, -0.25) is 9.78 Å². The summed E-state index contributed by atoms with van der Waals surface area (Å²) in [6, 6.07) is 11.8. The monoisotopic (exact) mass is 356 g/mol. The zero-order valence-electron chi connectivity index (χ0n) is 14.6. The Hall–Kier alpha value is -1.85. The van der Waals surface area contributed by atoms with Crippen molar-refractivity contribution in [3.8, 4) is 0 Å². The van der Waals surface area contributed by atoms with Crippen molar-refractivity contribution in [1.29, 1.82) is 0 Å². The zero-order chi connectivity index (χ0) is 17.5. The van der Waals surface area contributed by atoms with Crippen LogP contribution >= 0.6 is 11.8 Å². The maximum absolute atomic E-state index is 13.1. The lowest BCUT2D eigenvalue weighted by Crippen LogP contribution is -2.37. The third-order valence-corrected chi connectivity index (χ3v) is 4.97. The minimum absolute atomic E-state index is 0.0510. The summed E-state index contributed by atoms with van der Waals surface area (Å²) < 4.78 is 5.75. The first-order valence-corrected chi connectivity index (χ1v) is 10.0. The van der Waals surface area contributed by atoms with Crippen molar-refractivity contribution in [2.75, 3.05) is 19.4 Å². The molecule has 25 heavy (non-hydrogen) atoms. The van der Waals surface area contributed by atoms with Crippen molar-refractivity contribution in [3.63, 3.8) is 0 Å². The quantitative estimate of drug-likeness (QED) is 0.757. The second-order valence-electron chi connectivity index (χ2n) is 6.31. The average Bonchev–Trinajstić information content (AvgIpc) is 3.15. The molecule has 0 saturated carbocycles. The van der Waals surface area contributed by atoms with Crippen molar-refractivity contribution in [3.05, 3.63) is 65.5 Å². The topological polar surface area (TPSA) is 42.4 Å². The molecule has 1 aromatic heterocycles. The lowest BCUT2D eigenvalue weighted by atomic mass is 10.1. The van der Waals surface area contributed by atoms with Crippen molar-refractivity contribution >= 4 is 17.7 Å². The maximum atomic E-state index is 13.1. The first kappa shape index (κ1) is 18.0. The van der Waals surface area contributed by atoms with Gasteiger partial charge in [0.05, 0.1) is 6.10 Å². The number of pyridine rings is 1. The normalized spacial score (nSPS) is 16.8. The molecule has 4 nitrogen and oxygen atoms in total. The molecule has 0 N–H and O–H groups in total. The highest BCUT2D eigenvalue weighted by Crippen LogP contribution is 2.18. The van der Waals surface area contributed by atoms with Gasteiger partial charge < -0.3 is 9.64 Å². The van der Waals surface area contributed by atoms with Crippen molar-refractivity contribution < 1.29 is 9.53 Å². The van der Waals surface area contributed by atoms with Crippen LogP contribution in [0.5, 0.6) is 0 Å². The summed E-state index contributed by atoms with van der Waals surface area (Å²) in [4.78, 5) is 19.1. The highest BCUT2D eigenvalue weighted by Gasteiger charge is 2.23. The van der Waals surface area contributed by atoms with Crippen LogP contribution in [0.25, 0.3) is 0 Å². The number of amides is 1. The molecule has 0 aliphatic carbocycles. The molecule has 1 aliphatic heterocycles. The molecule has 1 aromatic carbocycles. The average molecular weight is 356 g/mol. The first-order chi connectivity index (χ1) is 12.3. The zero-order valence-corrected chi connectivity index (χ0v) is 15.4. The Labute approximate surface area is 153 Å². The lowest BCUT2D eigenvalue weighted by Gasteiger charge is -2.25. The molecular weight excluding hydrogens is 332 g/mol. The fraction of sp³-hybridized carbons (Fsp3) is 0.400. The number of ether oxygens (including phenoxy) is 1. The summed E-state index contributed by atoms with van der Waals surface area (Å²) in [5.74, 6) is 1.01. The van der Waals surface area contributed by atoms with Crippen LogP contribution in [0, 0.1) is 0 Å². The van der Waals surface area contributed by atoms with E-state index in [9.17, 15) is 4.79 Å². The molecule has 0 spiro atoms. The van der Waals surface area contributed by atoms with Crippen LogP contribution in [0.3, 0.4) is 0 Å². The van der Waals surface area contributed by atoms with Gasteiger partial charge in [0.1, 0.15) is 0 Å². The van der Waals surface area contributed by atoms with E-state index >= 15 is 0 Å². The SMILES string of the molecule is CSCc1ccc(C(=O)N(Cc2cccnc2)CC2CCCO2)cc1. The summed E-state index contributed by atoms with van der Waals surface area (Å²) in [5.41, 5.74) is 3.00. The van der Waals surface area contributed by atoms with E-state index in [2.05, 4.69) is 11.2 Å². The van der Waals surface area contributed by atoms with Gasteiger partial charge in [0.2, 0.25) is 0 Å². The number of thioether (sulfide) groups is 1. The molecule has 1 unspecified atom stereocenters. The van der Waals surface area contributed by atoms with E-state index in [0.717, 1.165) is 36.3 Å². The van der Waals surface area contributed by atoms with E-state index in [0.29, 0.717) is 13.1 Å². The van der Waals surface area contributed by atoms with E-state index in [4.69, 9.17) is 4.74 Å². The Bertz CT molecular complexity index is 670. The molecule has 1 saturated heterocycles. The van der Waals surface area contributed by atoms with E-state index in [-0.39, 0.29) is 12.0 Å². The minimum atomic E-state index is 0.0510. The maximum Gasteiger partial charge on any atom is 0.254 e. The van der Waals surface area contributed by atoms with Gasteiger partial charge in [-0.15, -0.1) is 0 Å². The summed E-state index contributed by atoms with van der Waals surface area (Å²) in [6.07, 6.45) is 7.87. The summed E-state index contributed by atoms with van der Waals surface area (Å²) in [7, 11) is 0. The molecule has 2 heterocycles. The van der Waals surface area contributed by atoms with Gasteiger partial charge in [0.25, 0.3) is 5.91 Å². The molecular formula is C20H24N2O2S. The van der Waals surface area contributed by atoms with Gasteiger partial charge >= 0.3 is 0 Å². The predicted molar refractivity (Wildman–Crippen MR) is 102 cm³/mol. The molecule has 2 aromatic rings. The van der Waals surface area contributed by atoms with Crippen LogP contribution in [0.15, 0.2) is 48.8 Å². The number of hydrogen-bond acceptors (Lipinski definition) is 4. The number of carbonyl (C=O) groups is 1. The van der Waals surface area contributed by atoms with Gasteiger partial charge in [0.15, 0.2) is 0 Å². The summed E-state index contributed by atoms with van der Waals surface area (Å²) in [5, 5.41) is 0. The second-order valence-corrected chi connectivity index (χ2v) is 7.18. The Kier molecular flexibility index (Phi) is 6.48. The number of carbonyl (C=O) groups excluding carboxylic acids is 1. The second kappa shape index (κ2) is 9.02. The molecule has 0 radical (unpaired) electrons. The van der Waals surface area contributed by atoms with E-state index in [1.54, 1.807) is 18.0 Å². The van der Waals surface area contributed by atoms with Crippen LogP contribution in [0.4, 0.5) is 0 Å².